The Kier molecular flexibility index (Phi) is 7.75. The zero-order chi connectivity index (χ0) is 35.8. The van der Waals surface area contributed by atoms with E-state index in [-0.39, 0.29) is 48.4 Å². The summed E-state index contributed by atoms with van der Waals surface area (Å²) in [5.74, 6) is 2.79. The second-order valence-corrected chi connectivity index (χ2v) is 15.0. The lowest BCUT2D eigenvalue weighted by atomic mass is 10.0. The number of amides is 3. The minimum atomic E-state index is -0.627. The van der Waals surface area contributed by atoms with Gasteiger partial charge in [0.05, 0.1) is 71.1 Å². The van der Waals surface area contributed by atoms with E-state index in [1.165, 1.54) is 7.11 Å². The normalized spacial score (nSPS) is 25.0. The number of alkyl carbamates (subject to hydrolysis) is 1. The van der Waals surface area contributed by atoms with Crippen molar-refractivity contribution in [2.45, 2.75) is 69.7 Å². The summed E-state index contributed by atoms with van der Waals surface area (Å²) in [5.41, 5.74) is 6.70. The molecule has 5 heterocycles. The molecule has 14 nitrogen and oxygen atoms in total. The molecule has 52 heavy (non-hydrogen) atoms. The number of carbonyl (C=O) groups is 3. The molecule has 2 saturated carbocycles. The van der Waals surface area contributed by atoms with Crippen molar-refractivity contribution < 1.29 is 19.1 Å². The van der Waals surface area contributed by atoms with Gasteiger partial charge >= 0.3 is 6.09 Å². The Morgan fingerprint density at radius 3 is 2.33 bits per heavy atom. The number of benzene rings is 2. The topological polar surface area (TPSA) is 174 Å². The van der Waals surface area contributed by atoms with E-state index >= 15 is 0 Å². The minimum Gasteiger partial charge on any atom is -0.453 e. The number of H-pyrrole nitrogens is 2. The van der Waals surface area contributed by atoms with E-state index in [1.807, 2.05) is 42.3 Å². The lowest BCUT2D eigenvalue weighted by Crippen LogP contribution is -2.49. The highest BCUT2D eigenvalue weighted by atomic mass is 16.5. The number of imidazole rings is 2. The third kappa shape index (κ3) is 5.56. The van der Waals surface area contributed by atoms with E-state index in [0.29, 0.717) is 17.9 Å². The molecule has 0 radical (unpaired) electrons. The Bertz CT molecular complexity index is 2230. The number of rotatable bonds is 9. The summed E-state index contributed by atoms with van der Waals surface area (Å²) in [7, 11) is 3.14. The van der Waals surface area contributed by atoms with E-state index in [2.05, 4.69) is 55.1 Å². The molecule has 2 aromatic carbocycles. The van der Waals surface area contributed by atoms with Gasteiger partial charge in [-0.05, 0) is 74.8 Å². The number of piperidine rings is 2. The van der Waals surface area contributed by atoms with Gasteiger partial charge in [-0.2, -0.15) is 0 Å². The van der Waals surface area contributed by atoms with Gasteiger partial charge in [-0.3, -0.25) is 14.6 Å². The third-order valence-electron chi connectivity index (χ3n) is 11.4. The van der Waals surface area contributed by atoms with E-state index in [4.69, 9.17) is 15.0 Å². The van der Waals surface area contributed by atoms with Gasteiger partial charge in [0.25, 0.3) is 0 Å². The number of likely N-dealkylation sites (N-methyl/N-ethyl adjacent to an activating group) is 1. The molecule has 5 aromatic rings. The van der Waals surface area contributed by atoms with Crippen LogP contribution in [0.25, 0.3) is 44.6 Å². The summed E-state index contributed by atoms with van der Waals surface area (Å²) in [5, 5.41) is 5.73. The first kappa shape index (κ1) is 32.5. The maximum absolute atomic E-state index is 13.6. The predicted molar refractivity (Wildman–Crippen MR) is 192 cm³/mol. The van der Waals surface area contributed by atoms with Crippen LogP contribution >= 0.6 is 0 Å². The number of hydrogen-bond donors (Lipinski definition) is 4. The van der Waals surface area contributed by atoms with Crippen molar-refractivity contribution in [2.24, 2.45) is 17.8 Å². The van der Waals surface area contributed by atoms with Gasteiger partial charge in [-0.1, -0.05) is 26.0 Å². The number of likely N-dealkylation sites (tertiary alicyclic amines) is 2. The van der Waals surface area contributed by atoms with Gasteiger partial charge in [0.2, 0.25) is 11.8 Å². The fourth-order valence-electron chi connectivity index (χ4n) is 8.61. The molecule has 9 rings (SSSR count). The SMILES string of the molecule is CN[C@H](C(=O)N1[C@@H]2C[C@@H]2C[C@H]1c1nc2ccc(-c3cnc4cc(-c5cnc([C@@H]6C[C@H]7C[C@H]7N6C(=O)CNC(=O)OC)[nH]5)ccc4n3)cc2[nH]1)C(C)C. The van der Waals surface area contributed by atoms with Gasteiger partial charge in [0.1, 0.15) is 18.2 Å². The summed E-state index contributed by atoms with van der Waals surface area (Å²) in [6, 6.07) is 12.1. The van der Waals surface area contributed by atoms with Crippen molar-refractivity contribution >= 4 is 40.0 Å². The highest BCUT2D eigenvalue weighted by molar-refractivity contribution is 5.86. The zero-order valence-electron chi connectivity index (χ0n) is 29.6. The van der Waals surface area contributed by atoms with E-state index in [0.717, 1.165) is 81.9 Å². The van der Waals surface area contributed by atoms with Crippen molar-refractivity contribution in [3.8, 4) is 22.5 Å². The molecular weight excluding hydrogens is 660 g/mol. The monoisotopic (exact) mass is 702 g/mol. The quantitative estimate of drug-likeness (QED) is 0.173. The van der Waals surface area contributed by atoms with Crippen molar-refractivity contribution in [3.63, 3.8) is 0 Å². The number of nitrogens with zero attached hydrogens (tertiary/aromatic N) is 6. The first-order chi connectivity index (χ1) is 25.2. The van der Waals surface area contributed by atoms with E-state index < -0.39 is 6.09 Å². The Morgan fingerprint density at radius 2 is 1.58 bits per heavy atom. The molecular formula is C38H42N10O4. The van der Waals surface area contributed by atoms with Gasteiger partial charge < -0.3 is 35.1 Å². The number of aromatic amines is 2. The molecule has 2 saturated heterocycles. The van der Waals surface area contributed by atoms with Crippen LogP contribution in [0.15, 0.2) is 48.8 Å². The molecule has 0 bridgehead atoms. The number of ether oxygens (including phenoxy) is 1. The molecule has 0 spiro atoms. The molecule has 14 heteroatoms. The number of fused-ring (bicyclic) bond motifs is 4. The number of carbonyl (C=O) groups excluding carboxylic acids is 3. The van der Waals surface area contributed by atoms with Crippen LogP contribution in [0.1, 0.15) is 63.3 Å². The molecule has 0 unspecified atom stereocenters. The lowest BCUT2D eigenvalue weighted by Gasteiger charge is -2.31. The molecule has 4 fully saturated rings. The van der Waals surface area contributed by atoms with Crippen LogP contribution in [-0.2, 0) is 14.3 Å². The van der Waals surface area contributed by atoms with Crippen LogP contribution in [0, 0.1) is 17.8 Å². The highest BCUT2D eigenvalue weighted by Gasteiger charge is 2.56. The fourth-order valence-corrected chi connectivity index (χ4v) is 8.61. The summed E-state index contributed by atoms with van der Waals surface area (Å²) >= 11 is 0. The smallest absolute Gasteiger partial charge is 0.407 e. The van der Waals surface area contributed by atoms with Crippen molar-refractivity contribution in [2.75, 3.05) is 20.7 Å². The van der Waals surface area contributed by atoms with Crippen molar-refractivity contribution in [1.29, 1.82) is 0 Å². The average molecular weight is 703 g/mol. The fraction of sp³-hybridized carbons (Fsp3) is 0.447. The van der Waals surface area contributed by atoms with E-state index in [9.17, 15) is 14.4 Å². The minimum absolute atomic E-state index is 0.0529. The lowest BCUT2D eigenvalue weighted by molar-refractivity contribution is -0.136. The average Bonchev–Trinajstić information content (AvgIpc) is 3.77. The zero-order valence-corrected chi connectivity index (χ0v) is 29.6. The molecule has 2 aliphatic heterocycles. The highest BCUT2D eigenvalue weighted by Crippen LogP contribution is 2.54. The first-order valence-electron chi connectivity index (χ1n) is 18.1. The maximum atomic E-state index is 13.6. The van der Waals surface area contributed by atoms with Crippen LogP contribution < -0.4 is 10.6 Å². The standard InChI is InChI=1S/C38H42N10O4/c1-18(2)34(39-3)37(50)48-30-12-22(30)14-32(48)36-44-24-8-6-20(10-26(24)45-36)27-15-40-25-9-19(5-7-23(25)43-27)28-16-41-35(46-28)31-13-21-11-29(21)47(31)33(49)17-42-38(51)52-4/h5-10,15-16,18,21-22,29-32,34,39H,11-14,17H2,1-4H3,(H,41,46)(H,42,51)(H,44,45)/t21-,22-,29-,30-,31+,32+,34+/m1/s1. The van der Waals surface area contributed by atoms with E-state index in [1.54, 1.807) is 12.4 Å². The Balaban J connectivity index is 0.926. The van der Waals surface area contributed by atoms with Gasteiger partial charge in [0, 0.05) is 23.2 Å². The van der Waals surface area contributed by atoms with Crippen LogP contribution in [0.3, 0.4) is 0 Å². The number of aromatic nitrogens is 6. The molecule has 2 aliphatic carbocycles. The van der Waals surface area contributed by atoms with Gasteiger partial charge in [-0.15, -0.1) is 0 Å². The first-order valence-corrected chi connectivity index (χ1v) is 18.1. The summed E-state index contributed by atoms with van der Waals surface area (Å²) < 4.78 is 4.62. The largest absolute Gasteiger partial charge is 0.453 e. The summed E-state index contributed by atoms with van der Waals surface area (Å²) in [6.45, 7) is 4.05. The molecule has 268 valence electrons. The Labute approximate surface area is 300 Å². The van der Waals surface area contributed by atoms with Crippen molar-refractivity contribution in [3.05, 3.63) is 60.4 Å². The molecule has 4 aliphatic rings. The predicted octanol–water partition coefficient (Wildman–Crippen LogP) is 4.49. The van der Waals surface area contributed by atoms with Crippen LogP contribution in [0.2, 0.25) is 0 Å². The molecule has 3 amide bonds. The second-order valence-electron chi connectivity index (χ2n) is 15.0. The molecule has 3 aromatic heterocycles. The van der Waals surface area contributed by atoms with Crippen molar-refractivity contribution in [1.82, 2.24) is 50.3 Å². The van der Waals surface area contributed by atoms with Crippen LogP contribution in [0.4, 0.5) is 4.79 Å². The maximum Gasteiger partial charge on any atom is 0.407 e. The van der Waals surface area contributed by atoms with Crippen LogP contribution in [0.5, 0.6) is 0 Å². The summed E-state index contributed by atoms with van der Waals surface area (Å²) in [4.78, 5) is 68.5. The number of nitrogens with one attached hydrogen (secondary N) is 4. The van der Waals surface area contributed by atoms with Gasteiger partial charge in [-0.25, -0.2) is 19.7 Å². The Morgan fingerprint density at radius 1 is 0.846 bits per heavy atom. The number of hydrogen-bond acceptors (Lipinski definition) is 9. The Hall–Kier alpha value is -5.37. The van der Waals surface area contributed by atoms with Crippen LogP contribution in [-0.4, -0.2) is 96.4 Å². The van der Waals surface area contributed by atoms with Gasteiger partial charge in [0.15, 0.2) is 0 Å². The molecule has 4 N–H and O–H groups in total. The third-order valence-corrected chi connectivity index (χ3v) is 11.4. The summed E-state index contributed by atoms with van der Waals surface area (Å²) in [6.07, 6.45) is 6.78. The second kappa shape index (κ2) is 12.4. The number of methoxy groups -OCH3 is 1. The molecule has 7 atom stereocenters.